The van der Waals surface area contributed by atoms with Crippen LogP contribution in [0.4, 0.5) is 4.39 Å². The molecule has 3 saturated carbocycles. The summed E-state index contributed by atoms with van der Waals surface area (Å²) in [4.78, 5) is 13.6. The maximum absolute atomic E-state index is 13.6. The van der Waals surface area contributed by atoms with Gasteiger partial charge in [0, 0.05) is 12.5 Å². The Balaban J connectivity index is 1.16. The highest BCUT2D eigenvalue weighted by atomic mass is 32.2. The van der Waals surface area contributed by atoms with Crippen LogP contribution in [0.3, 0.4) is 0 Å². The molecule has 3 fully saturated rings. The van der Waals surface area contributed by atoms with Crippen molar-refractivity contribution in [1.82, 2.24) is 30.0 Å². The van der Waals surface area contributed by atoms with E-state index in [4.69, 9.17) is 0 Å². The molecule has 9 nitrogen and oxygen atoms in total. The molecule has 0 saturated heterocycles. The number of aliphatic hydroxyl groups excluding tert-OH is 1. The first-order chi connectivity index (χ1) is 19.5. The van der Waals surface area contributed by atoms with E-state index in [9.17, 15) is 19.4 Å². The van der Waals surface area contributed by atoms with E-state index >= 15 is 0 Å². The standard InChI is InChI=1S/C30H35FN6O3S/c1-28-13-17-15-32-37(20-7-5-19(31)6-8-20)23(17)12-18(28)4-9-21-22-10-11-30(40,29(22,2)14-24(38)26(21)28)25(39)16-41-27-33-34-35-36(27)3/h5-8,12,15,21-22,24,26,38,40H,4,9-11,13-14,16H2,1-3H3/t21?,22?,24?,26?,28?,29?,30-/m0/s1. The summed E-state index contributed by atoms with van der Waals surface area (Å²) in [5, 5.41) is 40.5. The van der Waals surface area contributed by atoms with Crippen LogP contribution in [0.5, 0.6) is 0 Å². The molecule has 41 heavy (non-hydrogen) atoms. The number of nitrogens with zero attached hydrogens (tertiary/aromatic N) is 6. The van der Waals surface area contributed by atoms with Crippen LogP contribution in [0.15, 0.2) is 41.2 Å². The summed E-state index contributed by atoms with van der Waals surface area (Å²) in [6.07, 6.45) is 7.64. The van der Waals surface area contributed by atoms with Crippen LogP contribution in [-0.2, 0) is 18.3 Å². The molecular weight excluding hydrogens is 543 g/mol. The van der Waals surface area contributed by atoms with E-state index in [2.05, 4.69) is 33.6 Å². The number of allylic oxidation sites excluding steroid dienone is 1. The van der Waals surface area contributed by atoms with Gasteiger partial charge in [-0.1, -0.05) is 31.2 Å². The molecule has 216 valence electrons. The summed E-state index contributed by atoms with van der Waals surface area (Å²) >= 11 is 1.24. The molecule has 4 aliphatic rings. The highest BCUT2D eigenvalue weighted by molar-refractivity contribution is 7.99. The van der Waals surface area contributed by atoms with Crippen LogP contribution in [0.25, 0.3) is 11.8 Å². The number of thioether (sulfide) groups is 1. The fourth-order valence-corrected chi connectivity index (χ4v) is 9.85. The van der Waals surface area contributed by atoms with Crippen molar-refractivity contribution in [2.24, 2.45) is 35.6 Å². The molecule has 3 aromatic rings. The molecule has 4 aliphatic carbocycles. The zero-order valence-electron chi connectivity index (χ0n) is 23.5. The molecule has 11 heteroatoms. The molecule has 0 spiro atoms. The number of ketones is 1. The van der Waals surface area contributed by atoms with Crippen LogP contribution in [0.2, 0.25) is 0 Å². The number of aryl methyl sites for hydroxylation is 1. The van der Waals surface area contributed by atoms with Crippen molar-refractivity contribution in [2.75, 3.05) is 5.75 Å². The minimum absolute atomic E-state index is 0.0273. The van der Waals surface area contributed by atoms with E-state index in [1.807, 2.05) is 17.8 Å². The Labute approximate surface area is 242 Å². The smallest absolute Gasteiger partial charge is 0.209 e. The van der Waals surface area contributed by atoms with Crippen molar-refractivity contribution in [1.29, 1.82) is 0 Å². The lowest BCUT2D eigenvalue weighted by atomic mass is 9.45. The maximum Gasteiger partial charge on any atom is 0.209 e. The number of tetrazole rings is 1. The zero-order chi connectivity index (χ0) is 28.7. The molecule has 7 atom stereocenters. The minimum atomic E-state index is -1.49. The number of benzene rings is 1. The van der Waals surface area contributed by atoms with E-state index in [0.717, 1.165) is 42.6 Å². The van der Waals surface area contributed by atoms with E-state index < -0.39 is 17.1 Å². The van der Waals surface area contributed by atoms with E-state index in [1.165, 1.54) is 34.1 Å². The largest absolute Gasteiger partial charge is 0.393 e. The molecule has 0 aliphatic heterocycles. The first-order valence-electron chi connectivity index (χ1n) is 14.4. The van der Waals surface area contributed by atoms with Gasteiger partial charge in [-0.3, -0.25) is 4.79 Å². The molecule has 0 radical (unpaired) electrons. The molecule has 1 aromatic carbocycles. The second kappa shape index (κ2) is 9.31. The van der Waals surface area contributed by atoms with Crippen molar-refractivity contribution in [3.8, 4) is 5.69 Å². The van der Waals surface area contributed by atoms with Gasteiger partial charge in [-0.15, -0.1) is 5.10 Å². The number of hydrogen-bond acceptors (Lipinski definition) is 8. The van der Waals surface area contributed by atoms with Gasteiger partial charge >= 0.3 is 0 Å². The van der Waals surface area contributed by atoms with Crippen LogP contribution < -0.4 is 0 Å². The molecule has 0 bridgehead atoms. The second-order valence-corrected chi connectivity index (χ2v) is 13.9. The van der Waals surface area contributed by atoms with Gasteiger partial charge in [0.2, 0.25) is 5.16 Å². The average molecular weight is 579 g/mol. The third kappa shape index (κ3) is 3.84. The summed E-state index contributed by atoms with van der Waals surface area (Å²) in [5.74, 6) is -0.0223. The van der Waals surface area contributed by atoms with Gasteiger partial charge < -0.3 is 10.2 Å². The number of hydrogen-bond donors (Lipinski definition) is 2. The number of carbonyl (C=O) groups excluding carboxylic acids is 1. The summed E-state index contributed by atoms with van der Waals surface area (Å²) in [6.45, 7) is 4.30. The van der Waals surface area contributed by atoms with Gasteiger partial charge in [0.1, 0.15) is 11.4 Å². The van der Waals surface area contributed by atoms with Gasteiger partial charge in [0.25, 0.3) is 0 Å². The predicted octanol–water partition coefficient (Wildman–Crippen LogP) is 3.78. The van der Waals surface area contributed by atoms with Crippen LogP contribution in [0.1, 0.15) is 57.2 Å². The van der Waals surface area contributed by atoms with Gasteiger partial charge in [0.05, 0.1) is 29.4 Å². The Hall–Kier alpha value is -2.89. The molecule has 2 heterocycles. The third-order valence-corrected chi connectivity index (χ3v) is 12.0. The fraction of sp³-hybridized carbons (Fsp3) is 0.567. The molecule has 2 N–H and O–H groups in total. The van der Waals surface area contributed by atoms with Gasteiger partial charge in [0.15, 0.2) is 5.78 Å². The molecule has 2 aromatic heterocycles. The molecule has 0 amide bonds. The van der Waals surface area contributed by atoms with Crippen molar-refractivity contribution in [3.63, 3.8) is 0 Å². The average Bonchev–Trinajstić information content (AvgIpc) is 3.61. The fourth-order valence-electron chi connectivity index (χ4n) is 9.03. The van der Waals surface area contributed by atoms with E-state index in [-0.39, 0.29) is 40.5 Å². The number of aromatic nitrogens is 6. The zero-order valence-corrected chi connectivity index (χ0v) is 24.3. The first-order valence-corrected chi connectivity index (χ1v) is 15.4. The molecule has 6 unspecified atom stereocenters. The SMILES string of the molecule is Cn1nnnc1SCC(=O)[C@@]1(O)CCC2C3CCC4=Cc5c(cnn5-c5ccc(F)cc5)CC4(C)C3C(O)CC21C. The summed E-state index contributed by atoms with van der Waals surface area (Å²) in [5.41, 5.74) is 1.84. The van der Waals surface area contributed by atoms with Crippen molar-refractivity contribution in [2.45, 2.75) is 69.2 Å². The number of fused-ring (bicyclic) bond motifs is 6. The quantitative estimate of drug-likeness (QED) is 0.439. The lowest BCUT2D eigenvalue weighted by Gasteiger charge is -2.60. The maximum atomic E-state index is 13.6. The molecule has 7 rings (SSSR count). The Bertz CT molecular complexity index is 1550. The Morgan fingerprint density at radius 3 is 2.73 bits per heavy atom. The van der Waals surface area contributed by atoms with Crippen molar-refractivity contribution >= 4 is 23.6 Å². The monoisotopic (exact) mass is 578 g/mol. The van der Waals surface area contributed by atoms with Crippen molar-refractivity contribution < 1.29 is 19.4 Å². The first kappa shape index (κ1) is 27.0. The summed E-state index contributed by atoms with van der Waals surface area (Å²) in [7, 11) is 1.72. The predicted molar refractivity (Wildman–Crippen MR) is 150 cm³/mol. The van der Waals surface area contributed by atoms with Gasteiger partial charge in [-0.2, -0.15) is 5.10 Å². The number of carbonyl (C=O) groups is 1. The Kier molecular flexibility index (Phi) is 6.12. The number of aliphatic hydroxyl groups is 2. The minimum Gasteiger partial charge on any atom is -0.393 e. The lowest BCUT2D eigenvalue weighted by Crippen LogP contribution is -2.62. The Morgan fingerprint density at radius 1 is 1.22 bits per heavy atom. The topological polar surface area (TPSA) is 119 Å². The second-order valence-electron chi connectivity index (χ2n) is 12.9. The highest BCUT2D eigenvalue weighted by Crippen LogP contribution is 2.67. The lowest BCUT2D eigenvalue weighted by molar-refractivity contribution is -0.177. The van der Waals surface area contributed by atoms with E-state index in [0.29, 0.717) is 18.0 Å². The van der Waals surface area contributed by atoms with Crippen LogP contribution >= 0.6 is 11.8 Å². The normalized spacial score (nSPS) is 35.7. The number of halogens is 1. The molecular formula is C30H35FN6O3S. The van der Waals surface area contributed by atoms with E-state index in [1.54, 1.807) is 19.2 Å². The Morgan fingerprint density at radius 2 is 2.00 bits per heavy atom. The van der Waals surface area contributed by atoms with Crippen LogP contribution in [-0.4, -0.2) is 63.4 Å². The van der Waals surface area contributed by atoms with Gasteiger partial charge in [-0.05, 0) is 108 Å². The van der Waals surface area contributed by atoms with Crippen LogP contribution in [0, 0.1) is 34.4 Å². The summed E-state index contributed by atoms with van der Waals surface area (Å²) < 4.78 is 16.9. The highest BCUT2D eigenvalue weighted by Gasteiger charge is 2.68. The number of Topliss-reactive ketones (excluding diaryl/α,β-unsaturated/α-hetero) is 1. The number of rotatable bonds is 5. The third-order valence-electron chi connectivity index (χ3n) is 11.0. The van der Waals surface area contributed by atoms with Crippen molar-refractivity contribution in [3.05, 3.63) is 53.1 Å². The summed E-state index contributed by atoms with van der Waals surface area (Å²) in [6, 6.07) is 6.37. The van der Waals surface area contributed by atoms with Gasteiger partial charge in [-0.25, -0.2) is 13.8 Å².